The van der Waals surface area contributed by atoms with E-state index in [0.29, 0.717) is 18.0 Å². The van der Waals surface area contributed by atoms with Crippen molar-refractivity contribution in [3.8, 4) is 0 Å². The van der Waals surface area contributed by atoms with E-state index in [1.54, 1.807) is 22.5 Å². The van der Waals surface area contributed by atoms with Crippen molar-refractivity contribution in [1.82, 2.24) is 9.62 Å². The van der Waals surface area contributed by atoms with Crippen LogP contribution in [0.15, 0.2) is 27.6 Å². The lowest BCUT2D eigenvalue weighted by Gasteiger charge is -2.38. The predicted octanol–water partition coefficient (Wildman–Crippen LogP) is 2.52. The first-order valence-corrected chi connectivity index (χ1v) is 8.97. The van der Waals surface area contributed by atoms with Gasteiger partial charge in [0.1, 0.15) is 0 Å². The van der Waals surface area contributed by atoms with Gasteiger partial charge < -0.3 is 5.32 Å². The van der Waals surface area contributed by atoms with Gasteiger partial charge in [-0.25, -0.2) is 8.42 Å². The average molecular weight is 361 g/mol. The van der Waals surface area contributed by atoms with E-state index < -0.39 is 10.0 Å². The number of sulfonamides is 1. The summed E-state index contributed by atoms with van der Waals surface area (Å²) in [5.41, 5.74) is 0.977. The van der Waals surface area contributed by atoms with Crippen molar-refractivity contribution in [1.29, 1.82) is 0 Å². The van der Waals surface area contributed by atoms with Gasteiger partial charge in [0.05, 0.1) is 4.90 Å². The van der Waals surface area contributed by atoms with Crippen molar-refractivity contribution >= 4 is 26.0 Å². The van der Waals surface area contributed by atoms with Crippen LogP contribution in [0.4, 0.5) is 0 Å². The molecule has 0 bridgehead atoms. The lowest BCUT2D eigenvalue weighted by molar-refractivity contribution is 0.219. The van der Waals surface area contributed by atoms with Gasteiger partial charge in [0.2, 0.25) is 10.0 Å². The van der Waals surface area contributed by atoms with Crippen molar-refractivity contribution in [2.45, 2.75) is 37.1 Å². The van der Waals surface area contributed by atoms with E-state index >= 15 is 0 Å². The van der Waals surface area contributed by atoms with Crippen LogP contribution in [0.2, 0.25) is 0 Å². The molecule has 0 unspecified atom stereocenters. The molecule has 0 atom stereocenters. The quantitative estimate of drug-likeness (QED) is 0.900. The summed E-state index contributed by atoms with van der Waals surface area (Å²) in [6.45, 7) is 5.17. The fraction of sp³-hybridized carbons (Fsp3) is 0.571. The molecular weight excluding hydrogens is 340 g/mol. The highest BCUT2D eigenvalue weighted by atomic mass is 79.9. The van der Waals surface area contributed by atoms with Crippen molar-refractivity contribution in [3.05, 3.63) is 28.2 Å². The normalized spacial score (nSPS) is 20.0. The molecule has 1 aliphatic rings. The maximum absolute atomic E-state index is 12.6. The molecule has 0 aromatic heterocycles. The number of rotatable bonds is 3. The van der Waals surface area contributed by atoms with E-state index in [1.807, 2.05) is 14.0 Å². The Hall–Kier alpha value is -0.430. The Morgan fingerprint density at radius 2 is 1.90 bits per heavy atom. The van der Waals surface area contributed by atoms with Gasteiger partial charge in [-0.15, -0.1) is 0 Å². The molecule has 1 aromatic rings. The number of benzene rings is 1. The molecule has 1 aromatic carbocycles. The summed E-state index contributed by atoms with van der Waals surface area (Å²) < 4.78 is 27.8. The molecule has 4 nitrogen and oxygen atoms in total. The summed E-state index contributed by atoms with van der Waals surface area (Å²) in [7, 11) is -1.44. The molecule has 1 N–H and O–H groups in total. The monoisotopic (exact) mass is 360 g/mol. The van der Waals surface area contributed by atoms with E-state index in [-0.39, 0.29) is 5.54 Å². The first-order chi connectivity index (χ1) is 9.28. The maximum atomic E-state index is 12.6. The summed E-state index contributed by atoms with van der Waals surface area (Å²) in [5.74, 6) is 0. The number of halogens is 1. The Bertz CT molecular complexity index is 593. The van der Waals surface area contributed by atoms with E-state index in [0.717, 1.165) is 22.9 Å². The Morgan fingerprint density at radius 3 is 2.40 bits per heavy atom. The number of nitrogens with one attached hydrogen (secondary N) is 1. The molecular formula is C14H21BrN2O2S. The molecule has 112 valence electrons. The van der Waals surface area contributed by atoms with Gasteiger partial charge >= 0.3 is 0 Å². The molecule has 0 aliphatic carbocycles. The van der Waals surface area contributed by atoms with Crippen LogP contribution in [0.25, 0.3) is 0 Å². The molecule has 0 amide bonds. The summed E-state index contributed by atoms with van der Waals surface area (Å²) in [4.78, 5) is 0.381. The van der Waals surface area contributed by atoms with Gasteiger partial charge in [-0.3, -0.25) is 0 Å². The van der Waals surface area contributed by atoms with Crippen LogP contribution in [0, 0.1) is 6.92 Å². The van der Waals surface area contributed by atoms with Crippen LogP contribution in [0.1, 0.15) is 25.3 Å². The zero-order valence-corrected chi connectivity index (χ0v) is 14.5. The second-order valence-electron chi connectivity index (χ2n) is 5.63. The standard InChI is InChI=1S/C14H21BrN2O2S/c1-11-10-12(4-5-13(11)15)20(18,19)17-8-6-14(2,16-3)7-9-17/h4-5,10,16H,6-9H2,1-3H3. The molecule has 0 spiro atoms. The molecule has 20 heavy (non-hydrogen) atoms. The van der Waals surface area contributed by atoms with Crippen LogP contribution in [-0.2, 0) is 10.0 Å². The molecule has 0 saturated carbocycles. The Kier molecular flexibility index (Phi) is 4.59. The van der Waals surface area contributed by atoms with E-state index in [1.165, 1.54) is 0 Å². The van der Waals surface area contributed by atoms with Crippen LogP contribution in [0.5, 0.6) is 0 Å². The largest absolute Gasteiger partial charge is 0.314 e. The third-order valence-corrected chi connectivity index (χ3v) is 6.98. The topological polar surface area (TPSA) is 49.4 Å². The van der Waals surface area contributed by atoms with Gasteiger partial charge in [0, 0.05) is 23.1 Å². The Labute approximate surface area is 129 Å². The summed E-state index contributed by atoms with van der Waals surface area (Å²) in [6, 6.07) is 5.19. The molecule has 1 heterocycles. The van der Waals surface area contributed by atoms with Gasteiger partial charge in [-0.05, 0) is 57.5 Å². The second-order valence-corrected chi connectivity index (χ2v) is 8.42. The number of hydrogen-bond acceptors (Lipinski definition) is 3. The summed E-state index contributed by atoms with van der Waals surface area (Å²) >= 11 is 3.40. The first-order valence-electron chi connectivity index (χ1n) is 6.74. The van der Waals surface area contributed by atoms with E-state index in [2.05, 4.69) is 28.2 Å². The first kappa shape index (κ1) is 15.9. The van der Waals surface area contributed by atoms with Crippen molar-refractivity contribution in [2.75, 3.05) is 20.1 Å². The zero-order chi connectivity index (χ0) is 15.0. The minimum atomic E-state index is -3.37. The van der Waals surface area contributed by atoms with Gasteiger partial charge in [0.15, 0.2) is 0 Å². The third-order valence-electron chi connectivity index (χ3n) is 4.20. The van der Waals surface area contributed by atoms with Crippen molar-refractivity contribution < 1.29 is 8.42 Å². The molecule has 1 aliphatic heterocycles. The lowest BCUT2D eigenvalue weighted by Crippen LogP contribution is -2.51. The number of piperidine rings is 1. The predicted molar refractivity (Wildman–Crippen MR) is 84.3 cm³/mol. The molecule has 1 fully saturated rings. The second kappa shape index (κ2) is 5.75. The van der Waals surface area contributed by atoms with Crippen LogP contribution in [0.3, 0.4) is 0 Å². The molecule has 2 rings (SSSR count). The summed E-state index contributed by atoms with van der Waals surface area (Å²) in [6.07, 6.45) is 1.66. The van der Waals surface area contributed by atoms with E-state index in [4.69, 9.17) is 0 Å². The highest BCUT2D eigenvalue weighted by Gasteiger charge is 2.34. The van der Waals surface area contributed by atoms with Gasteiger partial charge in [-0.2, -0.15) is 4.31 Å². The van der Waals surface area contributed by atoms with Crippen molar-refractivity contribution in [2.24, 2.45) is 0 Å². The Morgan fingerprint density at radius 1 is 1.30 bits per heavy atom. The zero-order valence-electron chi connectivity index (χ0n) is 12.1. The Balaban J connectivity index is 2.22. The average Bonchev–Trinajstić information content (AvgIpc) is 2.42. The molecule has 6 heteroatoms. The minimum Gasteiger partial charge on any atom is -0.314 e. The van der Waals surface area contributed by atoms with Gasteiger partial charge in [0.25, 0.3) is 0 Å². The van der Waals surface area contributed by atoms with Gasteiger partial charge in [-0.1, -0.05) is 15.9 Å². The van der Waals surface area contributed by atoms with E-state index in [9.17, 15) is 8.42 Å². The fourth-order valence-electron chi connectivity index (χ4n) is 2.40. The number of aryl methyl sites for hydroxylation is 1. The summed E-state index contributed by atoms with van der Waals surface area (Å²) in [5, 5.41) is 3.28. The van der Waals surface area contributed by atoms with Crippen LogP contribution >= 0.6 is 15.9 Å². The smallest absolute Gasteiger partial charge is 0.243 e. The SMILES string of the molecule is CNC1(C)CCN(S(=O)(=O)c2ccc(Br)c(C)c2)CC1. The van der Waals surface area contributed by atoms with Crippen LogP contribution in [-0.4, -0.2) is 38.4 Å². The van der Waals surface area contributed by atoms with Crippen LogP contribution < -0.4 is 5.32 Å². The highest BCUT2D eigenvalue weighted by Crippen LogP contribution is 2.27. The lowest BCUT2D eigenvalue weighted by atomic mass is 9.91. The number of hydrogen-bond donors (Lipinski definition) is 1. The molecule has 1 saturated heterocycles. The number of nitrogens with zero attached hydrogens (tertiary/aromatic N) is 1. The molecule has 0 radical (unpaired) electrons. The van der Waals surface area contributed by atoms with Crippen molar-refractivity contribution in [3.63, 3.8) is 0 Å². The third kappa shape index (κ3) is 3.08. The minimum absolute atomic E-state index is 0.0433. The maximum Gasteiger partial charge on any atom is 0.243 e. The fourth-order valence-corrected chi connectivity index (χ4v) is 4.17. The highest BCUT2D eigenvalue weighted by molar-refractivity contribution is 9.10.